The molecule has 0 saturated carbocycles. The minimum atomic E-state index is -4.55. The SMILES string of the molecule is Fc1cc(CBr)ccc1Oc1ccccc1C(F)(F)F. The molecule has 0 aliphatic heterocycles. The third kappa shape index (κ3) is 3.30. The van der Waals surface area contributed by atoms with Crippen LogP contribution >= 0.6 is 15.9 Å². The minimum absolute atomic E-state index is 0.244. The zero-order valence-electron chi connectivity index (χ0n) is 10.0. The van der Waals surface area contributed by atoms with Crippen molar-refractivity contribution in [3.63, 3.8) is 0 Å². The standard InChI is InChI=1S/C14H9BrF4O/c15-8-9-5-6-13(11(16)7-9)20-12-4-2-1-3-10(12)14(17,18)19/h1-7H,8H2. The number of hydrogen-bond acceptors (Lipinski definition) is 1. The molecule has 0 saturated heterocycles. The Kier molecular flexibility index (Phi) is 4.32. The monoisotopic (exact) mass is 348 g/mol. The fourth-order valence-corrected chi connectivity index (χ4v) is 1.97. The molecule has 0 heterocycles. The molecule has 0 unspecified atom stereocenters. The third-order valence-corrected chi connectivity index (χ3v) is 3.21. The van der Waals surface area contributed by atoms with Crippen LogP contribution in [-0.4, -0.2) is 0 Å². The number of ether oxygens (including phenoxy) is 1. The Morgan fingerprint density at radius 2 is 1.70 bits per heavy atom. The van der Waals surface area contributed by atoms with Crippen LogP contribution in [-0.2, 0) is 11.5 Å². The van der Waals surface area contributed by atoms with Gasteiger partial charge in [0, 0.05) is 5.33 Å². The molecule has 20 heavy (non-hydrogen) atoms. The molecule has 0 aliphatic carbocycles. The second-order valence-corrected chi connectivity index (χ2v) is 4.56. The summed E-state index contributed by atoms with van der Waals surface area (Å²) in [4.78, 5) is 0. The third-order valence-electron chi connectivity index (χ3n) is 2.56. The summed E-state index contributed by atoms with van der Waals surface area (Å²) in [7, 11) is 0. The summed E-state index contributed by atoms with van der Waals surface area (Å²) in [5.41, 5.74) is -0.275. The van der Waals surface area contributed by atoms with E-state index in [4.69, 9.17) is 4.74 Å². The van der Waals surface area contributed by atoms with Crippen LogP contribution in [0.5, 0.6) is 11.5 Å². The first kappa shape index (κ1) is 14.8. The van der Waals surface area contributed by atoms with E-state index in [9.17, 15) is 17.6 Å². The van der Waals surface area contributed by atoms with Gasteiger partial charge in [-0.3, -0.25) is 0 Å². The lowest BCUT2D eigenvalue weighted by molar-refractivity contribution is -0.138. The summed E-state index contributed by atoms with van der Waals surface area (Å²) in [6, 6.07) is 8.78. The van der Waals surface area contributed by atoms with E-state index in [0.29, 0.717) is 10.9 Å². The van der Waals surface area contributed by atoms with E-state index in [1.165, 1.54) is 24.3 Å². The molecule has 0 bridgehead atoms. The summed E-state index contributed by atoms with van der Waals surface area (Å²) in [6.07, 6.45) is -4.55. The number of hydrogen-bond donors (Lipinski definition) is 0. The van der Waals surface area contributed by atoms with E-state index in [0.717, 1.165) is 12.1 Å². The van der Waals surface area contributed by atoms with Gasteiger partial charge >= 0.3 is 6.18 Å². The van der Waals surface area contributed by atoms with E-state index in [1.54, 1.807) is 6.07 Å². The highest BCUT2D eigenvalue weighted by Gasteiger charge is 2.34. The number of halogens is 5. The Hall–Kier alpha value is -1.56. The number of alkyl halides is 4. The summed E-state index contributed by atoms with van der Waals surface area (Å²) in [5, 5.41) is 0.448. The molecule has 0 N–H and O–H groups in total. The van der Waals surface area contributed by atoms with Crippen molar-refractivity contribution >= 4 is 15.9 Å². The maximum Gasteiger partial charge on any atom is 0.419 e. The van der Waals surface area contributed by atoms with Crippen LogP contribution in [0.25, 0.3) is 0 Å². The lowest BCUT2D eigenvalue weighted by atomic mass is 10.2. The summed E-state index contributed by atoms with van der Waals surface area (Å²) in [5.74, 6) is -1.38. The van der Waals surface area contributed by atoms with Gasteiger partial charge in [-0.15, -0.1) is 0 Å². The predicted octanol–water partition coefficient (Wildman–Crippen LogP) is 5.53. The highest BCUT2D eigenvalue weighted by molar-refractivity contribution is 9.08. The fourth-order valence-electron chi connectivity index (χ4n) is 1.62. The molecule has 0 atom stereocenters. The van der Waals surface area contributed by atoms with Crippen molar-refractivity contribution in [3.8, 4) is 11.5 Å². The molecule has 2 aromatic carbocycles. The van der Waals surface area contributed by atoms with Crippen molar-refractivity contribution in [1.82, 2.24) is 0 Å². The lowest BCUT2D eigenvalue weighted by Crippen LogP contribution is -2.07. The van der Waals surface area contributed by atoms with Crippen molar-refractivity contribution in [2.75, 3.05) is 0 Å². The maximum atomic E-state index is 13.7. The van der Waals surface area contributed by atoms with Crippen LogP contribution in [0.2, 0.25) is 0 Å². The molecule has 2 rings (SSSR count). The van der Waals surface area contributed by atoms with Crippen molar-refractivity contribution in [2.45, 2.75) is 11.5 Å². The van der Waals surface area contributed by atoms with Gasteiger partial charge in [-0.05, 0) is 29.8 Å². The largest absolute Gasteiger partial charge is 0.454 e. The molecule has 0 radical (unpaired) electrons. The van der Waals surface area contributed by atoms with Crippen molar-refractivity contribution < 1.29 is 22.3 Å². The molecule has 0 aliphatic rings. The van der Waals surface area contributed by atoms with Crippen LogP contribution < -0.4 is 4.74 Å². The van der Waals surface area contributed by atoms with Crippen LogP contribution in [0.1, 0.15) is 11.1 Å². The van der Waals surface area contributed by atoms with Gasteiger partial charge in [0.15, 0.2) is 11.6 Å². The first-order valence-corrected chi connectivity index (χ1v) is 6.72. The lowest BCUT2D eigenvalue weighted by Gasteiger charge is -2.14. The number of para-hydroxylation sites is 1. The van der Waals surface area contributed by atoms with Crippen molar-refractivity contribution in [2.24, 2.45) is 0 Å². The van der Waals surface area contributed by atoms with Crippen molar-refractivity contribution in [3.05, 3.63) is 59.4 Å². The predicted molar refractivity (Wildman–Crippen MR) is 70.5 cm³/mol. The summed E-state index contributed by atoms with van der Waals surface area (Å²) >= 11 is 3.16. The Morgan fingerprint density at radius 3 is 2.30 bits per heavy atom. The van der Waals surface area contributed by atoms with Crippen LogP contribution in [0.15, 0.2) is 42.5 Å². The average Bonchev–Trinajstić information content (AvgIpc) is 2.40. The quantitative estimate of drug-likeness (QED) is 0.523. The second kappa shape index (κ2) is 5.83. The number of rotatable bonds is 3. The van der Waals surface area contributed by atoms with E-state index in [1.807, 2.05) is 0 Å². The topological polar surface area (TPSA) is 9.23 Å². The average molecular weight is 349 g/mol. The highest BCUT2D eigenvalue weighted by atomic mass is 79.9. The summed E-state index contributed by atoms with van der Waals surface area (Å²) < 4.78 is 57.2. The van der Waals surface area contributed by atoms with E-state index >= 15 is 0 Å². The molecule has 0 fully saturated rings. The van der Waals surface area contributed by atoms with Gasteiger partial charge < -0.3 is 4.74 Å². The van der Waals surface area contributed by atoms with Gasteiger partial charge in [0.2, 0.25) is 0 Å². The molecule has 2 aromatic rings. The Bertz CT molecular complexity index is 610. The number of benzene rings is 2. The van der Waals surface area contributed by atoms with Crippen LogP contribution in [0, 0.1) is 5.82 Å². The molecule has 1 nitrogen and oxygen atoms in total. The van der Waals surface area contributed by atoms with Crippen molar-refractivity contribution in [1.29, 1.82) is 0 Å². The maximum absolute atomic E-state index is 13.7. The van der Waals surface area contributed by atoms with Crippen LogP contribution in [0.4, 0.5) is 17.6 Å². The molecule has 0 aromatic heterocycles. The smallest absolute Gasteiger partial charge is 0.419 e. The van der Waals surface area contributed by atoms with Gasteiger partial charge in [-0.25, -0.2) is 4.39 Å². The Labute approximate surface area is 121 Å². The van der Waals surface area contributed by atoms with E-state index < -0.39 is 23.3 Å². The fraction of sp³-hybridized carbons (Fsp3) is 0.143. The Balaban J connectivity index is 2.36. The first-order valence-electron chi connectivity index (χ1n) is 5.60. The molecule has 106 valence electrons. The van der Waals surface area contributed by atoms with Gasteiger partial charge in [0.1, 0.15) is 5.75 Å². The Morgan fingerprint density at radius 1 is 1.00 bits per heavy atom. The van der Waals surface area contributed by atoms with Gasteiger partial charge in [-0.1, -0.05) is 34.1 Å². The van der Waals surface area contributed by atoms with Gasteiger partial charge in [0.05, 0.1) is 5.56 Å². The normalized spacial score (nSPS) is 11.4. The highest BCUT2D eigenvalue weighted by Crippen LogP contribution is 2.38. The molecular formula is C14H9BrF4O. The van der Waals surface area contributed by atoms with E-state index in [-0.39, 0.29) is 5.75 Å². The van der Waals surface area contributed by atoms with Gasteiger partial charge in [0.25, 0.3) is 0 Å². The van der Waals surface area contributed by atoms with Crippen LogP contribution in [0.3, 0.4) is 0 Å². The van der Waals surface area contributed by atoms with E-state index in [2.05, 4.69) is 15.9 Å². The molecular weight excluding hydrogens is 340 g/mol. The zero-order valence-corrected chi connectivity index (χ0v) is 11.6. The first-order chi connectivity index (χ1) is 9.41. The molecule has 0 spiro atoms. The minimum Gasteiger partial charge on any atom is -0.454 e. The molecule has 6 heteroatoms. The molecule has 0 amide bonds. The summed E-state index contributed by atoms with van der Waals surface area (Å²) in [6.45, 7) is 0. The van der Waals surface area contributed by atoms with Gasteiger partial charge in [-0.2, -0.15) is 13.2 Å². The second-order valence-electron chi connectivity index (χ2n) is 3.99. The zero-order chi connectivity index (χ0) is 14.8.